The van der Waals surface area contributed by atoms with E-state index in [-0.39, 0.29) is 39.5 Å². The maximum absolute atomic E-state index is 14.5. The van der Waals surface area contributed by atoms with Gasteiger partial charge in [-0.3, -0.25) is 13.9 Å². The van der Waals surface area contributed by atoms with Gasteiger partial charge in [-0.25, -0.2) is 8.42 Å². The topological polar surface area (TPSA) is 96.0 Å². The minimum atomic E-state index is -4.30. The fraction of sp³-hybridized carbons (Fsp3) is 0.257. The number of unbranched alkanes of at least 4 members (excludes halogenated alkanes) is 1. The maximum atomic E-state index is 14.5. The minimum Gasteiger partial charge on any atom is -0.497 e. The summed E-state index contributed by atoms with van der Waals surface area (Å²) in [5, 5.41) is 3.87. The van der Waals surface area contributed by atoms with Crippen LogP contribution in [0.5, 0.6) is 5.75 Å². The number of nitrogens with zero attached hydrogens (tertiary/aromatic N) is 2. The number of amides is 2. The summed E-state index contributed by atoms with van der Waals surface area (Å²) in [6, 6.07) is 25.4. The largest absolute Gasteiger partial charge is 0.497 e. The Balaban J connectivity index is 1.80. The lowest BCUT2D eigenvalue weighted by molar-refractivity contribution is -0.140. The van der Waals surface area contributed by atoms with E-state index >= 15 is 0 Å². The molecule has 0 spiro atoms. The summed E-state index contributed by atoms with van der Waals surface area (Å²) in [6.07, 6.45) is 1.81. The number of hydrogen-bond acceptors (Lipinski definition) is 5. The number of carbonyl (C=O) groups excluding carboxylic acids is 2. The van der Waals surface area contributed by atoms with Crippen LogP contribution in [0.25, 0.3) is 0 Å². The Hall–Kier alpha value is -3.76. The second-order valence-corrected chi connectivity index (χ2v) is 13.9. The number of nitrogens with one attached hydrogen (secondary N) is 1. The van der Waals surface area contributed by atoms with E-state index < -0.39 is 28.5 Å². The monoisotopic (exact) mass is 715 g/mol. The van der Waals surface area contributed by atoms with E-state index in [0.717, 1.165) is 22.7 Å². The Bertz CT molecular complexity index is 1770. The molecule has 1 atom stereocenters. The fourth-order valence-electron chi connectivity index (χ4n) is 4.93. The molecule has 0 heterocycles. The van der Waals surface area contributed by atoms with Crippen LogP contribution in [0.1, 0.15) is 30.9 Å². The molecule has 0 radical (unpaired) electrons. The van der Waals surface area contributed by atoms with Gasteiger partial charge in [-0.05, 0) is 72.1 Å². The smallest absolute Gasteiger partial charge is 0.264 e. The van der Waals surface area contributed by atoms with Gasteiger partial charge >= 0.3 is 0 Å². The van der Waals surface area contributed by atoms with Gasteiger partial charge in [0.25, 0.3) is 10.0 Å². The van der Waals surface area contributed by atoms with Crippen molar-refractivity contribution in [1.29, 1.82) is 0 Å². The van der Waals surface area contributed by atoms with Gasteiger partial charge in [0.2, 0.25) is 11.8 Å². The molecule has 47 heavy (non-hydrogen) atoms. The van der Waals surface area contributed by atoms with E-state index in [1.54, 1.807) is 36.4 Å². The van der Waals surface area contributed by atoms with Crippen LogP contribution in [0.4, 0.5) is 5.69 Å². The Morgan fingerprint density at radius 1 is 0.851 bits per heavy atom. The zero-order valence-electron chi connectivity index (χ0n) is 26.0. The summed E-state index contributed by atoms with van der Waals surface area (Å²) in [4.78, 5) is 29.7. The first-order chi connectivity index (χ1) is 22.5. The average molecular weight is 717 g/mol. The molecule has 0 unspecified atom stereocenters. The zero-order chi connectivity index (χ0) is 34.0. The third kappa shape index (κ3) is 9.64. The molecular weight excluding hydrogens is 681 g/mol. The van der Waals surface area contributed by atoms with Crippen LogP contribution in [-0.2, 0) is 32.6 Å². The first-order valence-corrected chi connectivity index (χ1v) is 17.6. The second kappa shape index (κ2) is 16.9. The predicted octanol–water partition coefficient (Wildman–Crippen LogP) is 7.41. The van der Waals surface area contributed by atoms with Crippen molar-refractivity contribution in [1.82, 2.24) is 10.2 Å². The lowest BCUT2D eigenvalue weighted by Crippen LogP contribution is -2.53. The summed E-state index contributed by atoms with van der Waals surface area (Å²) in [7, 11) is -2.82. The van der Waals surface area contributed by atoms with Gasteiger partial charge in [-0.15, -0.1) is 0 Å². The first-order valence-electron chi connectivity index (χ1n) is 15.0. The molecule has 4 aromatic rings. The highest BCUT2D eigenvalue weighted by molar-refractivity contribution is 7.92. The predicted molar refractivity (Wildman–Crippen MR) is 188 cm³/mol. The number of rotatable bonds is 15. The van der Waals surface area contributed by atoms with Crippen LogP contribution in [0.3, 0.4) is 0 Å². The molecule has 4 rings (SSSR count). The van der Waals surface area contributed by atoms with Crippen molar-refractivity contribution < 1.29 is 22.7 Å². The highest BCUT2D eigenvalue weighted by Gasteiger charge is 2.34. The number of ether oxygens (including phenoxy) is 1. The van der Waals surface area contributed by atoms with E-state index in [1.807, 2.05) is 37.3 Å². The molecule has 0 aliphatic heterocycles. The van der Waals surface area contributed by atoms with Gasteiger partial charge in [-0.2, -0.15) is 0 Å². The van der Waals surface area contributed by atoms with Crippen LogP contribution in [0, 0.1) is 0 Å². The van der Waals surface area contributed by atoms with Crippen molar-refractivity contribution >= 4 is 62.3 Å². The normalized spacial score (nSPS) is 11.9. The van der Waals surface area contributed by atoms with Gasteiger partial charge in [0, 0.05) is 24.5 Å². The molecule has 8 nitrogen and oxygen atoms in total. The highest BCUT2D eigenvalue weighted by atomic mass is 35.5. The van der Waals surface area contributed by atoms with Crippen LogP contribution in [-0.4, -0.2) is 51.4 Å². The molecule has 0 aliphatic rings. The Morgan fingerprint density at radius 3 is 2.21 bits per heavy atom. The molecule has 2 amide bonds. The van der Waals surface area contributed by atoms with Crippen molar-refractivity contribution in [2.45, 2.75) is 43.7 Å². The van der Waals surface area contributed by atoms with Gasteiger partial charge in [0.05, 0.1) is 27.7 Å². The van der Waals surface area contributed by atoms with Crippen LogP contribution in [0.2, 0.25) is 15.1 Å². The van der Waals surface area contributed by atoms with Crippen molar-refractivity contribution in [3.05, 3.63) is 123 Å². The average Bonchev–Trinajstić information content (AvgIpc) is 3.07. The van der Waals surface area contributed by atoms with Gasteiger partial charge < -0.3 is 15.0 Å². The summed E-state index contributed by atoms with van der Waals surface area (Å²) < 4.78 is 34.5. The Labute approximate surface area is 291 Å². The number of anilines is 1. The van der Waals surface area contributed by atoms with Crippen LogP contribution >= 0.6 is 34.8 Å². The Kier molecular flexibility index (Phi) is 13.0. The van der Waals surface area contributed by atoms with Crippen molar-refractivity contribution in [3.8, 4) is 5.75 Å². The molecule has 0 aromatic heterocycles. The molecule has 12 heteroatoms. The maximum Gasteiger partial charge on any atom is 0.264 e. The lowest BCUT2D eigenvalue weighted by Gasteiger charge is -2.34. The van der Waals surface area contributed by atoms with E-state index in [9.17, 15) is 18.0 Å². The molecule has 0 saturated heterocycles. The number of sulfonamides is 1. The Morgan fingerprint density at radius 2 is 1.57 bits per heavy atom. The van der Waals surface area contributed by atoms with E-state index in [4.69, 9.17) is 39.5 Å². The number of benzene rings is 4. The quantitative estimate of drug-likeness (QED) is 0.129. The second-order valence-electron chi connectivity index (χ2n) is 10.8. The number of hydrogen-bond donors (Lipinski definition) is 1. The first kappa shape index (κ1) is 36.1. The third-order valence-electron chi connectivity index (χ3n) is 7.46. The fourth-order valence-corrected chi connectivity index (χ4v) is 6.84. The van der Waals surface area contributed by atoms with Crippen LogP contribution < -0.4 is 14.4 Å². The zero-order valence-corrected chi connectivity index (χ0v) is 29.1. The van der Waals surface area contributed by atoms with Crippen LogP contribution in [0.15, 0.2) is 102 Å². The molecule has 4 aromatic carbocycles. The summed E-state index contributed by atoms with van der Waals surface area (Å²) in [5.74, 6) is -0.497. The van der Waals surface area contributed by atoms with Gasteiger partial charge in [0.15, 0.2) is 0 Å². The molecular formula is C35H36Cl3N3O5S. The molecule has 0 aliphatic carbocycles. The summed E-state index contributed by atoms with van der Waals surface area (Å²) in [5.41, 5.74) is 1.62. The van der Waals surface area contributed by atoms with E-state index in [0.29, 0.717) is 22.9 Å². The number of methoxy groups -OCH3 is 1. The molecule has 0 bridgehead atoms. The van der Waals surface area contributed by atoms with Gasteiger partial charge in [-0.1, -0.05) is 90.6 Å². The number of halogens is 3. The number of carbonyl (C=O) groups is 2. The van der Waals surface area contributed by atoms with Crippen molar-refractivity contribution in [3.63, 3.8) is 0 Å². The SMILES string of the molecule is CCCCNC(=O)[C@H](Cc1ccccc1)N(Cc1ccc(Cl)c(Cl)c1)C(=O)CN(c1cccc(Cl)c1)S(=O)(=O)c1ccc(OC)cc1. The lowest BCUT2D eigenvalue weighted by atomic mass is 10.0. The van der Waals surface area contributed by atoms with E-state index in [1.165, 1.54) is 42.3 Å². The molecule has 248 valence electrons. The van der Waals surface area contributed by atoms with E-state index in [2.05, 4.69) is 5.32 Å². The minimum absolute atomic E-state index is 0.0413. The summed E-state index contributed by atoms with van der Waals surface area (Å²) >= 11 is 18.8. The molecule has 1 N–H and O–H groups in total. The molecule has 0 saturated carbocycles. The standard InChI is InChI=1S/C35H36Cl3N3O5S/c1-3-4-19-39-35(43)33(21-25-9-6-5-7-10-25)40(23-26-13-18-31(37)32(38)20-26)34(42)24-41(28-12-8-11-27(36)22-28)47(44,45)30-16-14-29(46-2)15-17-30/h5-18,20,22,33H,3-4,19,21,23-24H2,1-2H3,(H,39,43)/t33-/m0/s1. The van der Waals surface area contributed by atoms with Crippen molar-refractivity contribution in [2.24, 2.45) is 0 Å². The molecule has 0 fully saturated rings. The third-order valence-corrected chi connectivity index (χ3v) is 10.2. The highest BCUT2D eigenvalue weighted by Crippen LogP contribution is 2.29. The van der Waals surface area contributed by atoms with Gasteiger partial charge in [0.1, 0.15) is 18.3 Å². The van der Waals surface area contributed by atoms with Crippen molar-refractivity contribution in [2.75, 3.05) is 24.5 Å². The summed E-state index contributed by atoms with van der Waals surface area (Å²) in [6.45, 7) is 1.78.